The van der Waals surface area contributed by atoms with Gasteiger partial charge in [-0.2, -0.15) is 0 Å². The molecule has 28 heavy (non-hydrogen) atoms. The van der Waals surface area contributed by atoms with Gasteiger partial charge in [-0.3, -0.25) is 4.90 Å². The normalized spacial score (nSPS) is 16.1. The van der Waals surface area contributed by atoms with Gasteiger partial charge in [-0.25, -0.2) is 9.18 Å². The summed E-state index contributed by atoms with van der Waals surface area (Å²) in [6, 6.07) is 15.4. The van der Waals surface area contributed by atoms with Crippen LogP contribution in [0.15, 0.2) is 65.4 Å². The molecule has 0 aliphatic carbocycles. The first-order valence-corrected chi connectivity index (χ1v) is 8.66. The van der Waals surface area contributed by atoms with E-state index in [1.54, 1.807) is 12.1 Å². The van der Waals surface area contributed by atoms with Crippen LogP contribution in [0.1, 0.15) is 5.56 Å². The fraction of sp³-hybridized carbons (Fsp3) is 0.200. The number of carbonyl (C=O) groups excluding carboxylic acids is 1. The van der Waals surface area contributed by atoms with E-state index < -0.39 is 18.0 Å². The maximum absolute atomic E-state index is 14.4. The van der Waals surface area contributed by atoms with Crippen LogP contribution in [0.25, 0.3) is 0 Å². The van der Waals surface area contributed by atoms with Gasteiger partial charge in [0, 0.05) is 12.1 Å². The Morgan fingerprint density at radius 2 is 2.00 bits per heavy atom. The Bertz CT molecular complexity index is 933. The molecule has 2 aromatic carbocycles. The lowest BCUT2D eigenvalue weighted by atomic mass is 10.2. The monoisotopic (exact) mass is 384 g/mol. The molecule has 0 saturated carbocycles. The number of ether oxygens (including phenoxy) is 3. The number of halogens is 1. The topological polar surface area (TPSA) is 74.0 Å². The third-order valence-corrected chi connectivity index (χ3v) is 4.17. The van der Waals surface area contributed by atoms with Gasteiger partial charge in [0.2, 0.25) is 0 Å². The minimum absolute atomic E-state index is 0.117. The van der Waals surface area contributed by atoms with Crippen LogP contribution in [0.5, 0.6) is 11.6 Å². The zero-order chi connectivity index (χ0) is 19.3. The molecule has 0 bridgehead atoms. The predicted octanol–water partition coefficient (Wildman–Crippen LogP) is 3.80. The van der Waals surface area contributed by atoms with Gasteiger partial charge >= 0.3 is 6.09 Å². The molecule has 7 nitrogen and oxygen atoms in total. The van der Waals surface area contributed by atoms with E-state index in [1.165, 1.54) is 23.3 Å². The summed E-state index contributed by atoms with van der Waals surface area (Å²) in [6.45, 7) is 0.611. The van der Waals surface area contributed by atoms with Gasteiger partial charge in [-0.05, 0) is 22.9 Å². The number of hydrogen-bond acceptors (Lipinski definition) is 6. The number of hydrogen-bond donors (Lipinski definition) is 0. The quantitative estimate of drug-likeness (QED) is 0.617. The molecule has 1 fully saturated rings. The Balaban J connectivity index is 1.37. The number of amides is 1. The van der Waals surface area contributed by atoms with Crippen LogP contribution >= 0.6 is 0 Å². The molecule has 144 valence electrons. The first-order valence-electron chi connectivity index (χ1n) is 8.66. The zero-order valence-corrected chi connectivity index (χ0v) is 14.8. The van der Waals surface area contributed by atoms with Gasteiger partial charge in [0.25, 0.3) is 5.88 Å². The summed E-state index contributed by atoms with van der Waals surface area (Å²) in [5.41, 5.74) is 1.32. The highest BCUT2D eigenvalue weighted by molar-refractivity contribution is 5.89. The van der Waals surface area contributed by atoms with E-state index in [9.17, 15) is 9.18 Å². The van der Waals surface area contributed by atoms with E-state index in [1.807, 2.05) is 30.3 Å². The number of nitrogens with zero attached hydrogens (tertiary/aromatic N) is 2. The molecule has 1 saturated heterocycles. The van der Waals surface area contributed by atoms with Crippen LogP contribution in [0.3, 0.4) is 0 Å². The van der Waals surface area contributed by atoms with E-state index in [0.29, 0.717) is 11.6 Å². The van der Waals surface area contributed by atoms with Crippen molar-refractivity contribution in [2.24, 2.45) is 0 Å². The first kappa shape index (κ1) is 17.8. The Morgan fingerprint density at radius 3 is 2.75 bits per heavy atom. The van der Waals surface area contributed by atoms with Crippen LogP contribution < -0.4 is 14.4 Å². The molecule has 1 aromatic heterocycles. The summed E-state index contributed by atoms with van der Waals surface area (Å²) < 4.78 is 35.2. The summed E-state index contributed by atoms with van der Waals surface area (Å²) >= 11 is 0. The number of anilines is 1. The smallest absolute Gasteiger partial charge is 0.414 e. The highest BCUT2D eigenvalue weighted by Crippen LogP contribution is 2.27. The van der Waals surface area contributed by atoms with Gasteiger partial charge in [0.15, 0.2) is 17.7 Å². The van der Waals surface area contributed by atoms with Gasteiger partial charge in [-0.15, -0.1) is 0 Å². The Morgan fingerprint density at radius 1 is 1.14 bits per heavy atom. The van der Waals surface area contributed by atoms with Crippen molar-refractivity contribution in [3.8, 4) is 11.6 Å². The molecule has 4 rings (SSSR count). The number of rotatable bonds is 7. The molecule has 0 spiro atoms. The number of aromatic nitrogens is 1. The maximum atomic E-state index is 14.4. The van der Waals surface area contributed by atoms with Crippen LogP contribution in [0.2, 0.25) is 0 Å². The molecule has 3 aromatic rings. The van der Waals surface area contributed by atoms with Crippen LogP contribution in [0, 0.1) is 5.82 Å². The second-order valence-electron chi connectivity index (χ2n) is 6.15. The number of carbonyl (C=O) groups is 1. The molecule has 1 atom stereocenters. The molecule has 1 aliphatic heterocycles. The molecular weight excluding hydrogens is 367 g/mol. The Hall–Kier alpha value is -3.55. The first-order chi connectivity index (χ1) is 13.7. The third-order valence-electron chi connectivity index (χ3n) is 4.17. The van der Waals surface area contributed by atoms with E-state index in [4.69, 9.17) is 14.2 Å². The summed E-state index contributed by atoms with van der Waals surface area (Å²) in [5, 5.41) is 3.62. The van der Waals surface area contributed by atoms with Gasteiger partial charge in [-0.1, -0.05) is 30.3 Å². The van der Waals surface area contributed by atoms with Crippen LogP contribution in [-0.2, 0) is 11.3 Å². The van der Waals surface area contributed by atoms with Crippen molar-refractivity contribution in [1.82, 2.24) is 5.16 Å². The number of benzene rings is 2. The lowest BCUT2D eigenvalue weighted by Crippen LogP contribution is -2.26. The Kier molecular flexibility index (Phi) is 5.09. The SMILES string of the molecule is O=C1O[C@@H](COc2ccon2)CN1c1ccc(OCc2ccccc2)c(F)c1. The summed E-state index contributed by atoms with van der Waals surface area (Å²) in [4.78, 5) is 13.5. The molecule has 1 amide bonds. The van der Waals surface area contributed by atoms with Gasteiger partial charge in [0.1, 0.15) is 19.5 Å². The third kappa shape index (κ3) is 4.06. The molecule has 1 aliphatic rings. The summed E-state index contributed by atoms with van der Waals surface area (Å²) in [5.74, 6) is -0.130. The minimum Gasteiger partial charge on any atom is -0.486 e. The molecular formula is C20H17FN2O5. The summed E-state index contributed by atoms with van der Waals surface area (Å²) in [6.07, 6.45) is 0.319. The average Bonchev–Trinajstić information content (AvgIpc) is 3.35. The molecule has 0 unspecified atom stereocenters. The molecule has 0 radical (unpaired) electrons. The van der Waals surface area contributed by atoms with E-state index in [-0.39, 0.29) is 25.5 Å². The zero-order valence-electron chi connectivity index (χ0n) is 14.8. The Labute approximate surface area is 160 Å². The van der Waals surface area contributed by atoms with Crippen molar-refractivity contribution >= 4 is 11.8 Å². The maximum Gasteiger partial charge on any atom is 0.414 e. The fourth-order valence-electron chi connectivity index (χ4n) is 2.78. The van der Waals surface area contributed by atoms with Crippen LogP contribution in [-0.4, -0.2) is 30.5 Å². The van der Waals surface area contributed by atoms with Crippen LogP contribution in [0.4, 0.5) is 14.9 Å². The second kappa shape index (κ2) is 7.99. The lowest BCUT2D eigenvalue weighted by molar-refractivity contribution is 0.102. The van der Waals surface area contributed by atoms with Gasteiger partial charge in [0.05, 0.1) is 12.2 Å². The fourth-order valence-corrected chi connectivity index (χ4v) is 2.78. The number of cyclic esters (lactones) is 1. The van der Waals surface area contributed by atoms with Crippen molar-refractivity contribution < 1.29 is 27.9 Å². The van der Waals surface area contributed by atoms with Crippen molar-refractivity contribution in [2.75, 3.05) is 18.1 Å². The highest BCUT2D eigenvalue weighted by atomic mass is 19.1. The minimum atomic E-state index is -0.564. The summed E-state index contributed by atoms with van der Waals surface area (Å²) in [7, 11) is 0. The van der Waals surface area contributed by atoms with Gasteiger partial charge < -0.3 is 18.7 Å². The predicted molar refractivity (Wildman–Crippen MR) is 96.8 cm³/mol. The second-order valence-corrected chi connectivity index (χ2v) is 6.15. The highest BCUT2D eigenvalue weighted by Gasteiger charge is 2.33. The van der Waals surface area contributed by atoms with Crippen molar-refractivity contribution in [1.29, 1.82) is 0 Å². The van der Waals surface area contributed by atoms with E-state index >= 15 is 0 Å². The largest absolute Gasteiger partial charge is 0.486 e. The van der Waals surface area contributed by atoms with Crippen molar-refractivity contribution in [3.63, 3.8) is 0 Å². The van der Waals surface area contributed by atoms with E-state index in [0.717, 1.165) is 5.56 Å². The standard InChI is InChI=1S/C20H17FN2O5/c21-17-10-15(6-7-18(17)25-12-14-4-2-1-3-5-14)23-11-16(28-20(23)24)13-26-19-8-9-27-22-19/h1-10,16H,11-13H2/t16-/m1/s1. The van der Waals surface area contributed by atoms with E-state index in [2.05, 4.69) is 9.68 Å². The van der Waals surface area contributed by atoms with Crippen molar-refractivity contribution in [3.05, 3.63) is 72.2 Å². The van der Waals surface area contributed by atoms with Crippen molar-refractivity contribution in [2.45, 2.75) is 12.7 Å². The lowest BCUT2D eigenvalue weighted by Gasteiger charge is -2.15. The molecule has 0 N–H and O–H groups in total. The average molecular weight is 384 g/mol. The molecule has 2 heterocycles. The molecule has 8 heteroatoms.